The van der Waals surface area contributed by atoms with E-state index in [0.717, 1.165) is 0 Å². The lowest BCUT2D eigenvalue weighted by atomic mass is 10.1. The first-order valence-corrected chi connectivity index (χ1v) is 5.95. The Morgan fingerprint density at radius 3 is 2.43 bits per heavy atom. The van der Waals surface area contributed by atoms with Gasteiger partial charge in [-0.05, 0) is 25.5 Å². The number of carbonyl (C=O) groups is 2. The predicted octanol–water partition coefficient (Wildman–Crippen LogP) is 0.859. The molecule has 0 heterocycles. The van der Waals surface area contributed by atoms with Crippen molar-refractivity contribution in [2.45, 2.75) is 26.0 Å². The molecule has 0 saturated carbocycles. The molecule has 1 rings (SSSR count). The highest BCUT2D eigenvalue weighted by Crippen LogP contribution is 2.21. The number of aryl methyl sites for hydroxylation is 1. The van der Waals surface area contributed by atoms with Crippen LogP contribution in [-0.4, -0.2) is 39.3 Å². The number of aliphatic hydroxyl groups excluding tert-OH is 1. The second-order valence-electron chi connectivity index (χ2n) is 4.41. The van der Waals surface area contributed by atoms with E-state index in [1.165, 1.54) is 25.1 Å². The average molecular weight is 297 g/mol. The molecule has 21 heavy (non-hydrogen) atoms. The van der Waals surface area contributed by atoms with Crippen molar-refractivity contribution in [1.29, 1.82) is 0 Å². The fourth-order valence-corrected chi connectivity index (χ4v) is 1.59. The van der Waals surface area contributed by atoms with Crippen molar-refractivity contribution in [3.8, 4) is 0 Å². The van der Waals surface area contributed by atoms with E-state index in [1.807, 2.05) is 0 Å². The van der Waals surface area contributed by atoms with E-state index in [0.29, 0.717) is 11.3 Å². The lowest BCUT2D eigenvalue weighted by molar-refractivity contribution is -0.384. The number of benzene rings is 1. The quantitative estimate of drug-likeness (QED) is 0.469. The molecule has 0 saturated heterocycles. The maximum absolute atomic E-state index is 11.7. The second-order valence-corrected chi connectivity index (χ2v) is 4.41. The number of urea groups is 1. The van der Waals surface area contributed by atoms with Crippen LogP contribution in [0.25, 0.3) is 0 Å². The topological polar surface area (TPSA) is 142 Å². The molecular formula is C12H15N3O6. The third-order valence-corrected chi connectivity index (χ3v) is 2.70. The maximum atomic E-state index is 11.7. The van der Waals surface area contributed by atoms with Gasteiger partial charge in [0.1, 0.15) is 0 Å². The second kappa shape index (κ2) is 6.66. The molecule has 9 heteroatoms. The first-order chi connectivity index (χ1) is 9.72. The zero-order valence-corrected chi connectivity index (χ0v) is 11.4. The molecule has 0 radical (unpaired) electrons. The summed E-state index contributed by atoms with van der Waals surface area (Å²) in [5, 5.41) is 33.1. The van der Waals surface area contributed by atoms with Gasteiger partial charge in [-0.1, -0.05) is 0 Å². The van der Waals surface area contributed by atoms with Crippen molar-refractivity contribution in [3.05, 3.63) is 33.9 Å². The highest BCUT2D eigenvalue weighted by Gasteiger charge is 2.25. The molecule has 4 N–H and O–H groups in total. The largest absolute Gasteiger partial charge is 0.480 e. The number of nitro groups is 1. The van der Waals surface area contributed by atoms with Gasteiger partial charge in [-0.3, -0.25) is 10.1 Å². The first kappa shape index (κ1) is 16.4. The summed E-state index contributed by atoms with van der Waals surface area (Å²) in [5.74, 6) is -1.37. The Morgan fingerprint density at radius 2 is 2.00 bits per heavy atom. The summed E-state index contributed by atoms with van der Waals surface area (Å²) in [6.45, 7) is 2.79. The van der Waals surface area contributed by atoms with Crippen LogP contribution < -0.4 is 10.6 Å². The molecule has 114 valence electrons. The Hall–Kier alpha value is -2.68. The fourth-order valence-electron chi connectivity index (χ4n) is 1.59. The summed E-state index contributed by atoms with van der Waals surface area (Å²) >= 11 is 0. The molecular weight excluding hydrogens is 282 g/mol. The van der Waals surface area contributed by atoms with E-state index in [9.17, 15) is 24.8 Å². The third-order valence-electron chi connectivity index (χ3n) is 2.70. The summed E-state index contributed by atoms with van der Waals surface area (Å²) in [7, 11) is 0. The number of nitro benzene ring substituents is 1. The lowest BCUT2D eigenvalue weighted by Gasteiger charge is -2.17. The zero-order valence-electron chi connectivity index (χ0n) is 11.4. The summed E-state index contributed by atoms with van der Waals surface area (Å²) < 4.78 is 0. The van der Waals surface area contributed by atoms with E-state index >= 15 is 0 Å². The Labute approximate surface area is 119 Å². The molecule has 0 aliphatic carbocycles. The van der Waals surface area contributed by atoms with Gasteiger partial charge >= 0.3 is 12.0 Å². The van der Waals surface area contributed by atoms with Crippen molar-refractivity contribution in [3.63, 3.8) is 0 Å². The number of carboxylic acid groups (broad SMARTS) is 1. The van der Waals surface area contributed by atoms with Crippen LogP contribution in [0, 0.1) is 17.0 Å². The van der Waals surface area contributed by atoms with Gasteiger partial charge in [0.05, 0.1) is 11.0 Å². The number of carboxylic acids is 1. The molecule has 0 bridgehead atoms. The highest BCUT2D eigenvalue weighted by atomic mass is 16.6. The van der Waals surface area contributed by atoms with E-state index in [-0.39, 0.29) is 5.69 Å². The van der Waals surface area contributed by atoms with E-state index in [2.05, 4.69) is 10.6 Å². The predicted molar refractivity (Wildman–Crippen MR) is 73.1 cm³/mol. The molecule has 9 nitrogen and oxygen atoms in total. The number of nitrogens with zero attached hydrogens (tertiary/aromatic N) is 1. The molecule has 0 spiro atoms. The normalized spacial score (nSPS) is 13.1. The summed E-state index contributed by atoms with van der Waals surface area (Å²) in [6.07, 6.45) is -1.27. The van der Waals surface area contributed by atoms with Crippen molar-refractivity contribution < 1.29 is 24.7 Å². The Bertz CT molecular complexity index is 572. The molecule has 0 aliphatic rings. The number of hydrogen-bond donors (Lipinski definition) is 4. The monoisotopic (exact) mass is 297 g/mol. The van der Waals surface area contributed by atoms with Crippen molar-refractivity contribution in [2.75, 3.05) is 5.32 Å². The zero-order chi connectivity index (χ0) is 16.2. The van der Waals surface area contributed by atoms with E-state index in [4.69, 9.17) is 5.11 Å². The van der Waals surface area contributed by atoms with Gasteiger partial charge in [-0.15, -0.1) is 0 Å². The van der Waals surface area contributed by atoms with Gasteiger partial charge in [0.15, 0.2) is 6.04 Å². The van der Waals surface area contributed by atoms with Gasteiger partial charge in [-0.2, -0.15) is 0 Å². The Balaban J connectivity index is 2.79. The van der Waals surface area contributed by atoms with Crippen molar-refractivity contribution in [2.24, 2.45) is 0 Å². The van der Waals surface area contributed by atoms with Crippen LogP contribution in [0.15, 0.2) is 18.2 Å². The molecule has 0 aliphatic heterocycles. The maximum Gasteiger partial charge on any atom is 0.328 e. The number of carbonyl (C=O) groups excluding carboxylic acids is 1. The minimum atomic E-state index is -1.46. The Kier molecular flexibility index (Phi) is 5.19. The lowest BCUT2D eigenvalue weighted by Crippen LogP contribution is -2.49. The van der Waals surface area contributed by atoms with Crippen LogP contribution in [0.3, 0.4) is 0 Å². The standard InChI is InChI=1S/C12H15N3O6/c1-6-5-8(15(20)21)3-4-9(6)13-12(19)14-10(7(2)16)11(17)18/h3-5,7,10,16H,1-2H3,(H,17,18)(H2,13,14,19)/t7-,10+/m1/s1. The van der Waals surface area contributed by atoms with Crippen LogP contribution in [0.2, 0.25) is 0 Å². The highest BCUT2D eigenvalue weighted by molar-refractivity contribution is 5.93. The summed E-state index contributed by atoms with van der Waals surface area (Å²) in [5.41, 5.74) is 0.627. The molecule has 0 aromatic heterocycles. The van der Waals surface area contributed by atoms with Gasteiger partial charge in [-0.25, -0.2) is 9.59 Å². The summed E-state index contributed by atoms with van der Waals surface area (Å²) in [4.78, 5) is 32.5. The SMILES string of the molecule is Cc1cc([N+](=O)[O-])ccc1NC(=O)N[C@H](C(=O)O)[C@@H](C)O. The number of anilines is 1. The van der Waals surface area contributed by atoms with Gasteiger partial charge in [0.2, 0.25) is 0 Å². The Morgan fingerprint density at radius 1 is 1.38 bits per heavy atom. The number of non-ortho nitro benzene ring substituents is 1. The van der Waals surface area contributed by atoms with Crippen LogP contribution >= 0.6 is 0 Å². The number of hydrogen-bond acceptors (Lipinski definition) is 5. The number of nitrogens with one attached hydrogen (secondary N) is 2. The van der Waals surface area contributed by atoms with E-state index < -0.39 is 29.1 Å². The van der Waals surface area contributed by atoms with Crippen LogP contribution in [0.5, 0.6) is 0 Å². The van der Waals surface area contributed by atoms with Crippen molar-refractivity contribution >= 4 is 23.4 Å². The van der Waals surface area contributed by atoms with Crippen LogP contribution in [0.1, 0.15) is 12.5 Å². The number of aliphatic hydroxyl groups is 1. The van der Waals surface area contributed by atoms with E-state index in [1.54, 1.807) is 6.92 Å². The third kappa shape index (κ3) is 4.42. The van der Waals surface area contributed by atoms with Gasteiger partial charge in [0.25, 0.3) is 5.69 Å². The number of amides is 2. The fraction of sp³-hybridized carbons (Fsp3) is 0.333. The molecule has 2 atom stereocenters. The molecule has 0 unspecified atom stereocenters. The smallest absolute Gasteiger partial charge is 0.328 e. The minimum absolute atomic E-state index is 0.120. The summed E-state index contributed by atoms with van der Waals surface area (Å²) in [6, 6.07) is 1.54. The van der Waals surface area contributed by atoms with Crippen molar-refractivity contribution in [1.82, 2.24) is 5.32 Å². The van der Waals surface area contributed by atoms with Crippen LogP contribution in [0.4, 0.5) is 16.2 Å². The van der Waals surface area contributed by atoms with Crippen LogP contribution in [-0.2, 0) is 4.79 Å². The average Bonchev–Trinajstić information content (AvgIpc) is 2.37. The van der Waals surface area contributed by atoms with Gasteiger partial charge < -0.3 is 20.8 Å². The molecule has 2 amide bonds. The number of aliphatic carboxylic acids is 1. The number of rotatable bonds is 5. The molecule has 0 fully saturated rings. The molecule has 1 aromatic rings. The van der Waals surface area contributed by atoms with Gasteiger partial charge in [0, 0.05) is 17.8 Å². The minimum Gasteiger partial charge on any atom is -0.480 e. The first-order valence-electron chi connectivity index (χ1n) is 5.95. The molecule has 1 aromatic carbocycles.